The van der Waals surface area contributed by atoms with E-state index in [1.807, 2.05) is 0 Å². The van der Waals surface area contributed by atoms with Crippen molar-refractivity contribution in [1.29, 1.82) is 0 Å². The molecule has 1 aliphatic rings. The zero-order valence-electron chi connectivity index (χ0n) is 6.43. The molecule has 8 nitrogen and oxygen atoms in total. The number of ether oxygens (including phenoxy) is 1. The lowest BCUT2D eigenvalue weighted by molar-refractivity contribution is -0.280. The third-order valence-electron chi connectivity index (χ3n) is 1.73. The first-order valence-corrected chi connectivity index (χ1v) is 3.50. The Morgan fingerprint density at radius 3 is 2.23 bits per heavy atom. The fourth-order valence-corrected chi connectivity index (χ4v) is 0.990. The third kappa shape index (κ3) is 1.89. The van der Waals surface area contributed by atoms with Crippen LogP contribution in [0.5, 0.6) is 0 Å². The maximum atomic E-state index is 9.15. The van der Waals surface area contributed by atoms with Crippen LogP contribution in [0.15, 0.2) is 5.11 Å². The van der Waals surface area contributed by atoms with E-state index in [0.29, 0.717) is 0 Å². The second kappa shape index (κ2) is 3.88. The molecule has 0 unspecified atom stereocenters. The van der Waals surface area contributed by atoms with Gasteiger partial charge in [0.1, 0.15) is 18.3 Å². The molecule has 5 atom stereocenters. The van der Waals surface area contributed by atoms with Crippen LogP contribution in [0.1, 0.15) is 0 Å². The number of hydrogen-bond donors (Lipinski definition) is 4. The molecule has 0 aromatic carbocycles. The van der Waals surface area contributed by atoms with E-state index in [9.17, 15) is 0 Å². The van der Waals surface area contributed by atoms with Crippen LogP contribution in [-0.4, -0.2) is 51.3 Å². The summed E-state index contributed by atoms with van der Waals surface area (Å²) in [6.07, 6.45) is -7.82. The van der Waals surface area contributed by atoms with Gasteiger partial charge in [0.05, 0.1) is 0 Å². The van der Waals surface area contributed by atoms with Crippen LogP contribution in [-0.2, 0) is 4.74 Å². The molecule has 74 valence electrons. The summed E-state index contributed by atoms with van der Waals surface area (Å²) in [4.78, 5) is 2.34. The van der Waals surface area contributed by atoms with Crippen molar-refractivity contribution in [3.05, 3.63) is 10.4 Å². The Balaban J connectivity index is 2.75. The van der Waals surface area contributed by atoms with Crippen molar-refractivity contribution in [1.82, 2.24) is 0 Å². The summed E-state index contributed by atoms with van der Waals surface area (Å²) < 4.78 is 4.50. The van der Waals surface area contributed by atoms with Crippen molar-refractivity contribution in [2.24, 2.45) is 5.11 Å². The van der Waals surface area contributed by atoms with E-state index in [4.69, 9.17) is 26.0 Å². The van der Waals surface area contributed by atoms with Crippen molar-refractivity contribution in [2.45, 2.75) is 30.8 Å². The topological polar surface area (TPSA) is 139 Å². The van der Waals surface area contributed by atoms with Crippen molar-refractivity contribution in [2.75, 3.05) is 0 Å². The summed E-state index contributed by atoms with van der Waals surface area (Å²) >= 11 is 0. The molecule has 1 rings (SSSR count). The Kier molecular flexibility index (Phi) is 3.04. The van der Waals surface area contributed by atoms with Gasteiger partial charge in [-0.3, -0.25) is 0 Å². The molecule has 13 heavy (non-hydrogen) atoms. The first kappa shape index (κ1) is 10.2. The van der Waals surface area contributed by atoms with Crippen molar-refractivity contribution in [3.8, 4) is 0 Å². The van der Waals surface area contributed by atoms with E-state index in [0.717, 1.165) is 0 Å². The van der Waals surface area contributed by atoms with Gasteiger partial charge in [0.2, 0.25) is 0 Å². The molecule has 8 heteroatoms. The second-order valence-electron chi connectivity index (χ2n) is 2.59. The van der Waals surface area contributed by atoms with Gasteiger partial charge in [-0.25, -0.2) is 0 Å². The normalized spacial score (nSPS) is 45.4. The minimum Gasteiger partial charge on any atom is -0.387 e. The van der Waals surface area contributed by atoms with E-state index in [2.05, 4.69) is 14.8 Å². The molecular formula is C5H9N3O5. The molecule has 0 spiro atoms. The molecule has 0 saturated carbocycles. The first-order chi connectivity index (χ1) is 6.07. The molecule has 1 fully saturated rings. The van der Waals surface area contributed by atoms with E-state index in [-0.39, 0.29) is 0 Å². The average Bonchev–Trinajstić information content (AvgIpc) is 2.11. The highest BCUT2D eigenvalue weighted by molar-refractivity contribution is 4.87. The van der Waals surface area contributed by atoms with Gasteiger partial charge in [0.25, 0.3) is 0 Å². The van der Waals surface area contributed by atoms with Gasteiger partial charge in [0, 0.05) is 4.91 Å². The Morgan fingerprint density at radius 2 is 1.69 bits per heavy atom. The molecule has 1 heterocycles. The van der Waals surface area contributed by atoms with E-state index in [1.165, 1.54) is 0 Å². The quantitative estimate of drug-likeness (QED) is 0.217. The van der Waals surface area contributed by atoms with Crippen LogP contribution < -0.4 is 0 Å². The molecule has 0 aromatic heterocycles. The largest absolute Gasteiger partial charge is 0.387 e. The van der Waals surface area contributed by atoms with E-state index in [1.54, 1.807) is 0 Å². The first-order valence-electron chi connectivity index (χ1n) is 3.50. The Morgan fingerprint density at radius 1 is 1.08 bits per heavy atom. The van der Waals surface area contributed by atoms with Gasteiger partial charge >= 0.3 is 0 Å². The fraction of sp³-hybridized carbons (Fsp3) is 1.00. The number of nitrogens with zero attached hydrogens (tertiary/aromatic N) is 3. The standard InChI is InChI=1S/C5H9N3O5/c6-8-7-4-2(10)1(9)3(11)5(12)13-4/h1-5,9-12H/t1-,2-,3-,4-,5+/m1/s1. The maximum absolute atomic E-state index is 9.15. The fourth-order valence-electron chi connectivity index (χ4n) is 0.990. The lowest BCUT2D eigenvalue weighted by Crippen LogP contribution is -2.56. The summed E-state index contributed by atoms with van der Waals surface area (Å²) in [5.74, 6) is 0. The summed E-state index contributed by atoms with van der Waals surface area (Å²) in [5.41, 5.74) is 8.02. The van der Waals surface area contributed by atoms with Crippen LogP contribution in [0.4, 0.5) is 0 Å². The lowest BCUT2D eigenvalue weighted by atomic mass is 10.0. The summed E-state index contributed by atoms with van der Waals surface area (Å²) in [6.45, 7) is 0. The van der Waals surface area contributed by atoms with Gasteiger partial charge in [-0.2, -0.15) is 0 Å². The molecule has 0 amide bonds. The molecule has 0 aliphatic carbocycles. The van der Waals surface area contributed by atoms with Crippen LogP contribution in [0, 0.1) is 0 Å². The maximum Gasteiger partial charge on any atom is 0.184 e. The number of azide groups is 1. The molecule has 4 N–H and O–H groups in total. The SMILES string of the molecule is [N-]=[N+]=N[C@@H]1O[C@H](O)[C@H](O)[C@H](O)[C@H]1O. The predicted octanol–water partition coefficient (Wildman–Crippen LogP) is -1.95. The van der Waals surface area contributed by atoms with Gasteiger partial charge in [-0.1, -0.05) is 5.11 Å². The Bertz CT molecular complexity index is 230. The van der Waals surface area contributed by atoms with Crippen molar-refractivity contribution in [3.63, 3.8) is 0 Å². The monoisotopic (exact) mass is 191 g/mol. The zero-order chi connectivity index (χ0) is 10.0. The van der Waals surface area contributed by atoms with Gasteiger partial charge in [0.15, 0.2) is 12.5 Å². The average molecular weight is 191 g/mol. The highest BCUT2D eigenvalue weighted by Crippen LogP contribution is 2.20. The smallest absolute Gasteiger partial charge is 0.184 e. The van der Waals surface area contributed by atoms with Crippen LogP contribution >= 0.6 is 0 Å². The van der Waals surface area contributed by atoms with E-state index < -0.39 is 30.8 Å². The third-order valence-corrected chi connectivity index (χ3v) is 1.73. The van der Waals surface area contributed by atoms with Crippen LogP contribution in [0.3, 0.4) is 0 Å². The molecule has 1 aliphatic heterocycles. The van der Waals surface area contributed by atoms with Gasteiger partial charge < -0.3 is 25.2 Å². The van der Waals surface area contributed by atoms with Gasteiger partial charge in [-0.05, 0) is 5.53 Å². The minimum absolute atomic E-state index is 1.39. The second-order valence-corrected chi connectivity index (χ2v) is 2.59. The van der Waals surface area contributed by atoms with E-state index >= 15 is 0 Å². The minimum atomic E-state index is -1.67. The molecule has 1 saturated heterocycles. The Labute approximate surface area is 72.6 Å². The highest BCUT2D eigenvalue weighted by atomic mass is 16.6. The number of aliphatic hydroxyl groups excluding tert-OH is 4. The summed E-state index contributed by atoms with van der Waals surface area (Å²) in [6, 6.07) is 0. The molecule has 0 radical (unpaired) electrons. The van der Waals surface area contributed by atoms with Crippen LogP contribution in [0.2, 0.25) is 0 Å². The highest BCUT2D eigenvalue weighted by Gasteiger charge is 2.42. The van der Waals surface area contributed by atoms with Gasteiger partial charge in [-0.15, -0.1) is 0 Å². The van der Waals surface area contributed by atoms with Crippen molar-refractivity contribution >= 4 is 0 Å². The van der Waals surface area contributed by atoms with Crippen LogP contribution in [0.25, 0.3) is 10.4 Å². The molecule has 0 bridgehead atoms. The lowest BCUT2D eigenvalue weighted by Gasteiger charge is -2.36. The zero-order valence-corrected chi connectivity index (χ0v) is 6.43. The number of aliphatic hydroxyl groups is 4. The molecule has 0 aromatic rings. The van der Waals surface area contributed by atoms with Crippen molar-refractivity contribution < 1.29 is 25.2 Å². The Hall–Kier alpha value is -0.890. The number of hydrogen-bond acceptors (Lipinski definition) is 6. The number of rotatable bonds is 1. The summed E-state index contributed by atoms with van der Waals surface area (Å²) in [5, 5.41) is 39.1. The molecular weight excluding hydrogens is 182 g/mol. The summed E-state index contributed by atoms with van der Waals surface area (Å²) in [7, 11) is 0. The predicted molar refractivity (Wildman–Crippen MR) is 38.0 cm³/mol.